The second-order valence-corrected chi connectivity index (χ2v) is 9.82. The van der Waals surface area contributed by atoms with E-state index in [0.717, 1.165) is 39.4 Å². The van der Waals surface area contributed by atoms with Gasteiger partial charge in [-0.1, -0.05) is 55.3 Å². The zero-order valence-electron chi connectivity index (χ0n) is 18.5. The maximum absolute atomic E-state index is 13.3. The highest BCUT2D eigenvalue weighted by Crippen LogP contribution is 2.38. The van der Waals surface area contributed by atoms with Crippen LogP contribution in [-0.2, 0) is 4.79 Å². The Kier molecular flexibility index (Phi) is 7.78. The van der Waals surface area contributed by atoms with E-state index in [1.165, 1.54) is 11.8 Å². The summed E-state index contributed by atoms with van der Waals surface area (Å²) in [5.74, 6) is 0.730. The molecule has 0 spiro atoms. The van der Waals surface area contributed by atoms with Crippen molar-refractivity contribution in [2.75, 3.05) is 13.2 Å². The Bertz CT molecular complexity index is 1260. The van der Waals surface area contributed by atoms with Crippen molar-refractivity contribution in [3.05, 3.63) is 74.6 Å². The largest absolute Gasteiger partial charge is 0.493 e. The van der Waals surface area contributed by atoms with Crippen LogP contribution >= 0.6 is 39.3 Å². The third-order valence-corrected chi connectivity index (χ3v) is 7.53. The lowest BCUT2D eigenvalue weighted by Crippen LogP contribution is -2.28. The first-order valence-corrected chi connectivity index (χ1v) is 12.9. The van der Waals surface area contributed by atoms with Gasteiger partial charge < -0.3 is 4.74 Å². The van der Waals surface area contributed by atoms with Gasteiger partial charge in [0.1, 0.15) is 5.75 Å². The number of thioether (sulfide) groups is 1. The number of amidine groups is 1. The maximum atomic E-state index is 13.3. The number of amides is 1. The average molecular weight is 544 g/mol. The molecule has 170 valence electrons. The smallest absolute Gasteiger partial charge is 0.266 e. The zero-order chi connectivity index (χ0) is 23.4. The Morgan fingerprint density at radius 2 is 1.97 bits per heavy atom. The molecule has 4 nitrogen and oxygen atoms in total. The molecule has 1 saturated heterocycles. The van der Waals surface area contributed by atoms with Crippen LogP contribution in [0.5, 0.6) is 5.75 Å². The van der Waals surface area contributed by atoms with Gasteiger partial charge in [-0.3, -0.25) is 9.69 Å². The van der Waals surface area contributed by atoms with Gasteiger partial charge in [0.15, 0.2) is 5.17 Å². The molecule has 0 N–H and O–H groups in total. The maximum Gasteiger partial charge on any atom is 0.266 e. The lowest BCUT2D eigenvalue weighted by molar-refractivity contribution is -0.122. The number of unbranched alkanes of at least 4 members (excludes halogenated alkanes) is 1. The number of rotatable bonds is 7. The molecule has 1 heterocycles. The van der Waals surface area contributed by atoms with E-state index in [1.54, 1.807) is 11.0 Å². The Morgan fingerprint density at radius 3 is 2.73 bits per heavy atom. The molecule has 0 atom stereocenters. The molecule has 4 rings (SSSR count). The fourth-order valence-electron chi connectivity index (χ4n) is 3.54. The minimum Gasteiger partial charge on any atom is -0.493 e. The minimum atomic E-state index is -0.0584. The summed E-state index contributed by atoms with van der Waals surface area (Å²) in [6.07, 6.45) is 3.98. The van der Waals surface area contributed by atoms with Crippen molar-refractivity contribution in [2.45, 2.75) is 26.7 Å². The van der Waals surface area contributed by atoms with Gasteiger partial charge in [0.2, 0.25) is 0 Å². The number of aliphatic imine (C=N–C) groups is 1. The standard InChI is InChI=1S/C26H24BrClN2O2S/c1-3-5-14-32-23-13-10-17-8-6-7-9-19(17)20(23)16-24-25(31)30(4-2)26(33-24)29-18-11-12-21(27)22(28)15-18/h6-13,15-16H,3-5,14H2,1-2H3/b24-16+,29-26?. The van der Waals surface area contributed by atoms with Crippen LogP contribution in [0.25, 0.3) is 16.8 Å². The summed E-state index contributed by atoms with van der Waals surface area (Å²) in [4.78, 5) is 20.3. The van der Waals surface area contributed by atoms with Crippen molar-refractivity contribution in [1.29, 1.82) is 0 Å². The molecular formula is C26H24BrClN2O2S. The predicted octanol–water partition coefficient (Wildman–Crippen LogP) is 8.06. The zero-order valence-corrected chi connectivity index (χ0v) is 21.6. The van der Waals surface area contributed by atoms with Gasteiger partial charge in [-0.15, -0.1) is 0 Å². The van der Waals surface area contributed by atoms with Gasteiger partial charge in [0, 0.05) is 16.6 Å². The number of nitrogens with zero attached hydrogens (tertiary/aromatic N) is 2. The van der Waals surface area contributed by atoms with Crippen molar-refractivity contribution >= 4 is 72.9 Å². The summed E-state index contributed by atoms with van der Waals surface area (Å²) >= 11 is 11.0. The van der Waals surface area contributed by atoms with E-state index in [9.17, 15) is 4.79 Å². The van der Waals surface area contributed by atoms with Gasteiger partial charge in [-0.2, -0.15) is 0 Å². The minimum absolute atomic E-state index is 0.0584. The topological polar surface area (TPSA) is 41.9 Å². The van der Waals surface area contributed by atoms with E-state index in [2.05, 4.69) is 41.1 Å². The molecule has 1 aliphatic heterocycles. The highest BCUT2D eigenvalue weighted by Gasteiger charge is 2.32. The van der Waals surface area contributed by atoms with Crippen LogP contribution in [0.3, 0.4) is 0 Å². The van der Waals surface area contributed by atoms with Crippen LogP contribution in [-0.4, -0.2) is 29.1 Å². The monoisotopic (exact) mass is 542 g/mol. The number of carbonyl (C=O) groups excluding carboxylic acids is 1. The number of likely N-dealkylation sites (N-methyl/N-ethyl adjacent to an activating group) is 1. The number of hydrogen-bond donors (Lipinski definition) is 0. The molecule has 0 bridgehead atoms. The molecule has 1 aliphatic rings. The van der Waals surface area contributed by atoms with E-state index in [1.807, 2.05) is 43.3 Å². The van der Waals surface area contributed by atoms with Gasteiger partial charge in [0.25, 0.3) is 5.91 Å². The molecule has 0 aliphatic carbocycles. The van der Waals surface area contributed by atoms with Crippen molar-refractivity contribution in [1.82, 2.24) is 4.90 Å². The first-order valence-electron chi connectivity index (χ1n) is 10.9. The molecular weight excluding hydrogens is 520 g/mol. The molecule has 0 radical (unpaired) electrons. The quantitative estimate of drug-likeness (QED) is 0.223. The molecule has 0 aromatic heterocycles. The van der Waals surface area contributed by atoms with Gasteiger partial charge in [-0.25, -0.2) is 4.99 Å². The molecule has 3 aromatic carbocycles. The normalized spacial score (nSPS) is 16.4. The predicted molar refractivity (Wildman–Crippen MR) is 144 cm³/mol. The summed E-state index contributed by atoms with van der Waals surface area (Å²) in [6.45, 7) is 5.26. The Hall–Kier alpha value is -2.28. The first-order chi connectivity index (χ1) is 16.0. The van der Waals surface area contributed by atoms with Crippen molar-refractivity contribution < 1.29 is 9.53 Å². The fourth-order valence-corrected chi connectivity index (χ4v) is 5.01. The van der Waals surface area contributed by atoms with Crippen LogP contribution < -0.4 is 4.74 Å². The van der Waals surface area contributed by atoms with Crippen LogP contribution in [0.2, 0.25) is 5.02 Å². The second-order valence-electron chi connectivity index (χ2n) is 7.55. The van der Waals surface area contributed by atoms with Crippen molar-refractivity contribution in [3.63, 3.8) is 0 Å². The third-order valence-electron chi connectivity index (χ3n) is 5.29. The number of halogens is 2. The average Bonchev–Trinajstić information content (AvgIpc) is 3.11. The van der Waals surface area contributed by atoms with Gasteiger partial charge in [0.05, 0.1) is 22.2 Å². The number of hydrogen-bond acceptors (Lipinski definition) is 4. The van der Waals surface area contributed by atoms with Crippen molar-refractivity contribution in [2.24, 2.45) is 4.99 Å². The van der Waals surface area contributed by atoms with Crippen LogP contribution in [0.15, 0.2) is 69.0 Å². The second kappa shape index (κ2) is 10.8. The Balaban J connectivity index is 1.75. The molecule has 3 aromatic rings. The van der Waals surface area contributed by atoms with Crippen LogP contribution in [0.4, 0.5) is 5.69 Å². The number of benzene rings is 3. The number of ether oxygens (including phenoxy) is 1. The highest BCUT2D eigenvalue weighted by atomic mass is 79.9. The number of carbonyl (C=O) groups is 1. The summed E-state index contributed by atoms with van der Waals surface area (Å²) in [5.41, 5.74) is 1.62. The van der Waals surface area contributed by atoms with E-state index in [-0.39, 0.29) is 5.91 Å². The summed E-state index contributed by atoms with van der Waals surface area (Å²) in [7, 11) is 0. The summed E-state index contributed by atoms with van der Waals surface area (Å²) in [6, 6.07) is 17.7. The Labute approximate surface area is 211 Å². The third kappa shape index (κ3) is 5.29. The molecule has 1 fully saturated rings. The Morgan fingerprint density at radius 1 is 1.15 bits per heavy atom. The molecule has 7 heteroatoms. The highest BCUT2D eigenvalue weighted by molar-refractivity contribution is 9.10. The van der Waals surface area contributed by atoms with E-state index in [0.29, 0.717) is 33.9 Å². The SMILES string of the molecule is CCCCOc1ccc2ccccc2c1/C=C1/SC(=Nc2ccc(Br)c(Cl)c2)N(CC)C1=O. The lowest BCUT2D eigenvalue weighted by atomic mass is 10.0. The van der Waals surface area contributed by atoms with Crippen LogP contribution in [0, 0.1) is 0 Å². The molecule has 1 amide bonds. The molecule has 0 unspecified atom stereocenters. The van der Waals surface area contributed by atoms with Crippen molar-refractivity contribution in [3.8, 4) is 5.75 Å². The van der Waals surface area contributed by atoms with E-state index in [4.69, 9.17) is 21.3 Å². The summed E-state index contributed by atoms with van der Waals surface area (Å²) in [5, 5.41) is 3.38. The van der Waals surface area contributed by atoms with Gasteiger partial charge >= 0.3 is 0 Å². The first kappa shape index (κ1) is 23.9. The van der Waals surface area contributed by atoms with Crippen LogP contribution in [0.1, 0.15) is 32.3 Å². The lowest BCUT2D eigenvalue weighted by Gasteiger charge is -2.13. The molecule has 33 heavy (non-hydrogen) atoms. The van der Waals surface area contributed by atoms with E-state index >= 15 is 0 Å². The number of fused-ring (bicyclic) bond motifs is 1. The van der Waals surface area contributed by atoms with Gasteiger partial charge in [-0.05, 0) is 82.2 Å². The fraction of sp³-hybridized carbons (Fsp3) is 0.231. The summed E-state index contributed by atoms with van der Waals surface area (Å²) < 4.78 is 6.91. The van der Waals surface area contributed by atoms with E-state index < -0.39 is 0 Å². The molecule has 0 saturated carbocycles.